The number of pyridine rings is 1. The molecule has 1 N–H and O–H groups in total. The van der Waals surface area contributed by atoms with Crippen molar-refractivity contribution in [1.82, 2.24) is 4.98 Å². The third kappa shape index (κ3) is 2.33. The summed E-state index contributed by atoms with van der Waals surface area (Å²) in [5.41, 5.74) is 1.58. The maximum atomic E-state index is 6.13. The van der Waals surface area contributed by atoms with Gasteiger partial charge < -0.3 is 14.6 Å². The summed E-state index contributed by atoms with van der Waals surface area (Å²) in [7, 11) is -0.317. The molecule has 4 nitrogen and oxygen atoms in total. The number of aromatic nitrogens is 1. The second-order valence-corrected chi connectivity index (χ2v) is 6.88. The molecule has 20 heavy (non-hydrogen) atoms. The molecule has 0 amide bonds. The standard InChI is InChI=1S/C15H23BN2O2/c1-10-12(8-9-17-13(10)18-11-6-7-11)16-19-14(2,3)15(4,5)20-16/h8-9,11H,6-7H2,1-5H3,(H,17,18). The predicted molar refractivity (Wildman–Crippen MR) is 81.3 cm³/mol. The molecule has 2 aliphatic rings. The monoisotopic (exact) mass is 274 g/mol. The van der Waals surface area contributed by atoms with Gasteiger partial charge in [0, 0.05) is 12.2 Å². The molecular formula is C15H23BN2O2. The Bertz CT molecular complexity index is 511. The highest BCUT2D eigenvalue weighted by molar-refractivity contribution is 6.62. The number of hydrogen-bond acceptors (Lipinski definition) is 4. The van der Waals surface area contributed by atoms with Crippen molar-refractivity contribution >= 4 is 18.4 Å². The summed E-state index contributed by atoms with van der Waals surface area (Å²) in [5, 5.41) is 3.47. The smallest absolute Gasteiger partial charge is 0.399 e. The van der Waals surface area contributed by atoms with E-state index in [1.807, 2.05) is 12.3 Å². The lowest BCUT2D eigenvalue weighted by atomic mass is 9.77. The van der Waals surface area contributed by atoms with E-state index in [0.717, 1.165) is 16.8 Å². The first kappa shape index (κ1) is 13.9. The fraction of sp³-hybridized carbons (Fsp3) is 0.667. The molecule has 1 aromatic rings. The fourth-order valence-corrected chi connectivity index (χ4v) is 2.34. The number of anilines is 1. The Labute approximate surface area is 121 Å². The van der Waals surface area contributed by atoms with Crippen molar-refractivity contribution in [3.8, 4) is 0 Å². The lowest BCUT2D eigenvalue weighted by Crippen LogP contribution is -2.41. The van der Waals surface area contributed by atoms with Gasteiger partial charge in [-0.25, -0.2) is 4.98 Å². The van der Waals surface area contributed by atoms with Crippen LogP contribution in [-0.4, -0.2) is 29.3 Å². The van der Waals surface area contributed by atoms with Crippen LogP contribution in [0.1, 0.15) is 46.1 Å². The van der Waals surface area contributed by atoms with Crippen LogP contribution in [0.25, 0.3) is 0 Å². The lowest BCUT2D eigenvalue weighted by molar-refractivity contribution is 0.00578. The minimum absolute atomic E-state index is 0.308. The van der Waals surface area contributed by atoms with Crippen molar-refractivity contribution in [2.45, 2.75) is 64.7 Å². The van der Waals surface area contributed by atoms with Gasteiger partial charge in [-0.2, -0.15) is 0 Å². The zero-order chi connectivity index (χ0) is 14.5. The average Bonchev–Trinajstić information content (AvgIpc) is 3.10. The Morgan fingerprint density at radius 1 is 1.20 bits per heavy atom. The van der Waals surface area contributed by atoms with Gasteiger partial charge in [0.25, 0.3) is 0 Å². The SMILES string of the molecule is Cc1c(B2OC(C)(C)C(C)(C)O2)ccnc1NC1CC1. The Balaban J connectivity index is 1.87. The molecule has 1 saturated carbocycles. The van der Waals surface area contributed by atoms with Gasteiger partial charge in [-0.1, -0.05) is 0 Å². The van der Waals surface area contributed by atoms with Crippen LogP contribution >= 0.6 is 0 Å². The highest BCUT2D eigenvalue weighted by Crippen LogP contribution is 2.37. The topological polar surface area (TPSA) is 43.4 Å². The van der Waals surface area contributed by atoms with Crippen LogP contribution in [-0.2, 0) is 9.31 Å². The zero-order valence-electron chi connectivity index (χ0n) is 13.0. The average molecular weight is 274 g/mol. The van der Waals surface area contributed by atoms with E-state index in [9.17, 15) is 0 Å². The van der Waals surface area contributed by atoms with Crippen LogP contribution in [0.2, 0.25) is 0 Å². The second-order valence-electron chi connectivity index (χ2n) is 6.88. The first-order valence-corrected chi connectivity index (χ1v) is 7.38. The first-order valence-electron chi connectivity index (χ1n) is 7.38. The Kier molecular flexibility index (Phi) is 3.10. The molecular weight excluding hydrogens is 251 g/mol. The number of nitrogens with one attached hydrogen (secondary N) is 1. The van der Waals surface area contributed by atoms with Crippen molar-refractivity contribution in [2.24, 2.45) is 0 Å². The summed E-state index contributed by atoms with van der Waals surface area (Å²) in [6.45, 7) is 10.4. The molecule has 1 aliphatic heterocycles. The summed E-state index contributed by atoms with van der Waals surface area (Å²) in [4.78, 5) is 4.44. The van der Waals surface area contributed by atoms with Gasteiger partial charge in [-0.3, -0.25) is 0 Å². The molecule has 0 atom stereocenters. The maximum absolute atomic E-state index is 6.13. The highest BCUT2D eigenvalue weighted by Gasteiger charge is 2.52. The number of nitrogens with zero attached hydrogens (tertiary/aromatic N) is 1. The van der Waals surface area contributed by atoms with Crippen LogP contribution in [0.3, 0.4) is 0 Å². The van der Waals surface area contributed by atoms with Crippen molar-refractivity contribution < 1.29 is 9.31 Å². The van der Waals surface area contributed by atoms with E-state index >= 15 is 0 Å². The molecule has 2 fully saturated rings. The molecule has 0 bridgehead atoms. The Hall–Kier alpha value is -1.07. The minimum atomic E-state index is -0.317. The van der Waals surface area contributed by atoms with Gasteiger partial charge >= 0.3 is 7.12 Å². The summed E-state index contributed by atoms with van der Waals surface area (Å²) in [6, 6.07) is 2.59. The quantitative estimate of drug-likeness (QED) is 0.859. The summed E-state index contributed by atoms with van der Waals surface area (Å²) >= 11 is 0. The van der Waals surface area contributed by atoms with Gasteiger partial charge in [-0.05, 0) is 64.6 Å². The zero-order valence-corrected chi connectivity index (χ0v) is 13.0. The van der Waals surface area contributed by atoms with Gasteiger partial charge in [0.05, 0.1) is 11.2 Å². The normalized spacial score (nSPS) is 23.9. The molecule has 0 spiro atoms. The van der Waals surface area contributed by atoms with Crippen LogP contribution in [0.15, 0.2) is 12.3 Å². The van der Waals surface area contributed by atoms with Gasteiger partial charge in [-0.15, -0.1) is 0 Å². The van der Waals surface area contributed by atoms with E-state index in [4.69, 9.17) is 9.31 Å². The third-order valence-electron chi connectivity index (χ3n) is 4.67. The van der Waals surface area contributed by atoms with Crippen molar-refractivity contribution in [3.05, 3.63) is 17.8 Å². The van der Waals surface area contributed by atoms with Crippen LogP contribution in [0.5, 0.6) is 0 Å². The summed E-state index contributed by atoms with van der Waals surface area (Å²) in [5.74, 6) is 0.958. The van der Waals surface area contributed by atoms with Crippen molar-refractivity contribution in [3.63, 3.8) is 0 Å². The highest BCUT2D eigenvalue weighted by atomic mass is 16.7. The van der Waals surface area contributed by atoms with E-state index < -0.39 is 0 Å². The molecule has 0 radical (unpaired) electrons. The molecule has 1 aromatic heterocycles. The molecule has 2 heterocycles. The van der Waals surface area contributed by atoms with Gasteiger partial charge in [0.15, 0.2) is 0 Å². The van der Waals surface area contributed by atoms with E-state index in [1.54, 1.807) is 0 Å². The minimum Gasteiger partial charge on any atom is -0.399 e. The molecule has 1 aliphatic carbocycles. The summed E-state index contributed by atoms with van der Waals surface area (Å²) in [6.07, 6.45) is 4.31. The molecule has 1 saturated heterocycles. The summed E-state index contributed by atoms with van der Waals surface area (Å²) < 4.78 is 12.3. The molecule has 108 valence electrons. The molecule has 0 unspecified atom stereocenters. The van der Waals surface area contributed by atoms with Gasteiger partial charge in [0.1, 0.15) is 5.82 Å². The van der Waals surface area contributed by atoms with E-state index in [1.165, 1.54) is 12.8 Å². The second kappa shape index (κ2) is 4.47. The number of hydrogen-bond donors (Lipinski definition) is 1. The van der Waals surface area contributed by atoms with E-state index in [-0.39, 0.29) is 18.3 Å². The molecule has 0 aromatic carbocycles. The van der Waals surface area contributed by atoms with Gasteiger partial charge in [0.2, 0.25) is 0 Å². The lowest BCUT2D eigenvalue weighted by Gasteiger charge is -2.32. The maximum Gasteiger partial charge on any atom is 0.495 e. The van der Waals surface area contributed by atoms with Crippen LogP contribution < -0.4 is 10.8 Å². The van der Waals surface area contributed by atoms with E-state index in [2.05, 4.69) is 44.9 Å². The Morgan fingerprint density at radius 3 is 2.35 bits per heavy atom. The molecule has 5 heteroatoms. The van der Waals surface area contributed by atoms with Crippen molar-refractivity contribution in [1.29, 1.82) is 0 Å². The van der Waals surface area contributed by atoms with E-state index in [0.29, 0.717) is 6.04 Å². The van der Waals surface area contributed by atoms with Crippen molar-refractivity contribution in [2.75, 3.05) is 5.32 Å². The predicted octanol–water partition coefficient (Wildman–Crippen LogP) is 2.26. The van der Waals surface area contributed by atoms with Crippen LogP contribution in [0.4, 0.5) is 5.82 Å². The first-order chi connectivity index (χ1) is 9.30. The third-order valence-corrected chi connectivity index (χ3v) is 4.67. The van der Waals surface area contributed by atoms with Crippen LogP contribution in [0, 0.1) is 6.92 Å². The fourth-order valence-electron chi connectivity index (χ4n) is 2.34. The number of rotatable bonds is 3. The molecule has 3 rings (SSSR count). The largest absolute Gasteiger partial charge is 0.495 e. The Morgan fingerprint density at radius 2 is 1.80 bits per heavy atom.